The molecular weight excluding hydrogens is 313 g/mol. The standard InChI is InChI=1S/C11H10ClF3N4S/c1-5(6-2-3-8(12)20-6)17-9-4-7(11(13,14)15)18-10(16)19-9/h2-5H,1H3,(H3,16,17,18,19). The topological polar surface area (TPSA) is 63.8 Å². The molecule has 0 radical (unpaired) electrons. The zero-order valence-electron chi connectivity index (χ0n) is 10.2. The second-order valence-electron chi connectivity index (χ2n) is 4.00. The van der Waals surface area contributed by atoms with Gasteiger partial charge in [0.15, 0.2) is 5.69 Å². The Morgan fingerprint density at radius 3 is 2.60 bits per heavy atom. The molecule has 0 aromatic carbocycles. The summed E-state index contributed by atoms with van der Waals surface area (Å²) >= 11 is 7.15. The normalized spacial score (nSPS) is 13.2. The van der Waals surface area contributed by atoms with Gasteiger partial charge in [0.1, 0.15) is 5.82 Å². The van der Waals surface area contributed by atoms with Gasteiger partial charge in [-0.3, -0.25) is 0 Å². The third-order valence-corrected chi connectivity index (χ3v) is 3.83. The molecule has 0 aliphatic carbocycles. The van der Waals surface area contributed by atoms with Gasteiger partial charge < -0.3 is 11.1 Å². The number of halogens is 4. The van der Waals surface area contributed by atoms with Crippen molar-refractivity contribution in [2.75, 3.05) is 11.1 Å². The molecule has 2 aromatic heterocycles. The zero-order valence-corrected chi connectivity index (χ0v) is 11.8. The Morgan fingerprint density at radius 1 is 1.35 bits per heavy atom. The van der Waals surface area contributed by atoms with E-state index in [1.807, 2.05) is 0 Å². The summed E-state index contributed by atoms with van der Waals surface area (Å²) in [7, 11) is 0. The van der Waals surface area contributed by atoms with Gasteiger partial charge >= 0.3 is 6.18 Å². The van der Waals surface area contributed by atoms with E-state index in [1.165, 1.54) is 11.3 Å². The quantitative estimate of drug-likeness (QED) is 0.897. The molecule has 0 saturated carbocycles. The highest BCUT2D eigenvalue weighted by atomic mass is 35.5. The summed E-state index contributed by atoms with van der Waals surface area (Å²) in [6, 6.07) is 4.08. The van der Waals surface area contributed by atoms with E-state index in [0.717, 1.165) is 10.9 Å². The van der Waals surface area contributed by atoms with E-state index in [2.05, 4.69) is 15.3 Å². The largest absolute Gasteiger partial charge is 0.433 e. The first-order valence-electron chi connectivity index (χ1n) is 5.49. The van der Waals surface area contributed by atoms with Gasteiger partial charge in [0.05, 0.1) is 10.4 Å². The van der Waals surface area contributed by atoms with E-state index >= 15 is 0 Å². The maximum Gasteiger partial charge on any atom is 0.433 e. The predicted octanol–water partition coefficient (Wildman–Crippen LogP) is 3.97. The van der Waals surface area contributed by atoms with Crippen LogP contribution in [0.4, 0.5) is 24.9 Å². The van der Waals surface area contributed by atoms with E-state index in [1.54, 1.807) is 19.1 Å². The van der Waals surface area contributed by atoms with Gasteiger partial charge in [-0.1, -0.05) is 11.6 Å². The fraction of sp³-hybridized carbons (Fsp3) is 0.273. The molecule has 1 atom stereocenters. The van der Waals surface area contributed by atoms with Crippen molar-refractivity contribution in [3.63, 3.8) is 0 Å². The lowest BCUT2D eigenvalue weighted by Crippen LogP contribution is -2.14. The highest BCUT2D eigenvalue weighted by Crippen LogP contribution is 2.31. The molecule has 2 rings (SSSR count). The molecule has 0 saturated heterocycles. The Morgan fingerprint density at radius 2 is 2.05 bits per heavy atom. The van der Waals surface area contributed by atoms with Crippen molar-refractivity contribution >= 4 is 34.7 Å². The van der Waals surface area contributed by atoms with E-state index in [-0.39, 0.29) is 11.9 Å². The summed E-state index contributed by atoms with van der Waals surface area (Å²) in [5, 5.41) is 2.85. The summed E-state index contributed by atoms with van der Waals surface area (Å²) in [5.41, 5.74) is 4.21. The lowest BCUT2D eigenvalue weighted by molar-refractivity contribution is -0.141. The molecule has 0 amide bonds. The van der Waals surface area contributed by atoms with Crippen LogP contribution in [0.1, 0.15) is 23.5 Å². The van der Waals surface area contributed by atoms with E-state index in [4.69, 9.17) is 17.3 Å². The summed E-state index contributed by atoms with van der Waals surface area (Å²) in [6.07, 6.45) is -4.57. The van der Waals surface area contributed by atoms with Crippen LogP contribution in [0.25, 0.3) is 0 Å². The fourth-order valence-electron chi connectivity index (χ4n) is 1.54. The third kappa shape index (κ3) is 3.51. The van der Waals surface area contributed by atoms with Crippen molar-refractivity contribution in [2.45, 2.75) is 19.1 Å². The molecule has 4 nitrogen and oxygen atoms in total. The second kappa shape index (κ2) is 5.45. The number of aromatic nitrogens is 2. The molecule has 3 N–H and O–H groups in total. The molecule has 2 aromatic rings. The SMILES string of the molecule is CC(Nc1cc(C(F)(F)F)nc(N)n1)c1ccc(Cl)s1. The van der Waals surface area contributed by atoms with Gasteiger partial charge in [-0.2, -0.15) is 18.2 Å². The van der Waals surface area contributed by atoms with Gasteiger partial charge in [0.25, 0.3) is 0 Å². The van der Waals surface area contributed by atoms with Gasteiger partial charge in [-0.05, 0) is 19.1 Å². The monoisotopic (exact) mass is 322 g/mol. The first-order chi connectivity index (χ1) is 9.25. The van der Waals surface area contributed by atoms with Crippen LogP contribution < -0.4 is 11.1 Å². The molecule has 108 valence electrons. The van der Waals surface area contributed by atoms with Crippen LogP contribution in [0.5, 0.6) is 0 Å². The Balaban J connectivity index is 2.23. The van der Waals surface area contributed by atoms with Crippen LogP contribution in [0.2, 0.25) is 4.34 Å². The maximum absolute atomic E-state index is 12.6. The summed E-state index contributed by atoms with van der Waals surface area (Å²) in [6.45, 7) is 1.79. The zero-order chi connectivity index (χ0) is 14.9. The summed E-state index contributed by atoms with van der Waals surface area (Å²) in [5.74, 6) is -0.416. The van der Waals surface area contributed by atoms with Crippen LogP contribution in [-0.2, 0) is 6.18 Å². The molecule has 0 bridgehead atoms. The molecule has 0 fully saturated rings. The van der Waals surface area contributed by atoms with Crippen LogP contribution in [0.3, 0.4) is 0 Å². The Bertz CT molecular complexity index is 614. The van der Waals surface area contributed by atoms with Gasteiger partial charge in [0.2, 0.25) is 5.95 Å². The molecule has 0 spiro atoms. The molecular formula is C11H10ClF3N4S. The number of anilines is 2. The highest BCUT2D eigenvalue weighted by Gasteiger charge is 2.33. The van der Waals surface area contributed by atoms with E-state index < -0.39 is 17.8 Å². The summed E-state index contributed by atoms with van der Waals surface area (Å²) < 4.78 is 38.5. The number of alkyl halides is 3. The van der Waals surface area contributed by atoms with Gasteiger partial charge in [-0.15, -0.1) is 11.3 Å². The van der Waals surface area contributed by atoms with Crippen LogP contribution in [0, 0.1) is 0 Å². The smallest absolute Gasteiger partial charge is 0.368 e. The van der Waals surface area contributed by atoms with Crippen molar-refractivity contribution in [1.82, 2.24) is 9.97 Å². The molecule has 20 heavy (non-hydrogen) atoms. The second-order valence-corrected chi connectivity index (χ2v) is 5.75. The number of nitrogens with zero attached hydrogens (tertiary/aromatic N) is 2. The van der Waals surface area contributed by atoms with Crippen LogP contribution >= 0.6 is 22.9 Å². The Hall–Kier alpha value is -1.54. The van der Waals surface area contributed by atoms with Crippen molar-refractivity contribution in [3.05, 3.63) is 33.1 Å². The molecule has 0 aliphatic heterocycles. The lowest BCUT2D eigenvalue weighted by atomic mass is 10.2. The van der Waals surface area contributed by atoms with Crippen molar-refractivity contribution in [3.8, 4) is 0 Å². The number of nitrogen functional groups attached to an aromatic ring is 1. The highest BCUT2D eigenvalue weighted by molar-refractivity contribution is 7.16. The van der Waals surface area contributed by atoms with Crippen molar-refractivity contribution in [1.29, 1.82) is 0 Å². The maximum atomic E-state index is 12.6. The Labute approximate surface area is 121 Å². The first kappa shape index (κ1) is 14.9. The van der Waals surface area contributed by atoms with Crippen LogP contribution in [0.15, 0.2) is 18.2 Å². The lowest BCUT2D eigenvalue weighted by Gasteiger charge is -2.14. The number of nitrogens with one attached hydrogen (secondary N) is 1. The first-order valence-corrected chi connectivity index (χ1v) is 6.68. The average Bonchev–Trinajstić information content (AvgIpc) is 2.74. The van der Waals surface area contributed by atoms with Gasteiger partial charge in [0, 0.05) is 10.9 Å². The molecule has 0 aliphatic rings. The number of hydrogen-bond donors (Lipinski definition) is 2. The Kier molecular flexibility index (Phi) is 4.05. The number of thiophene rings is 1. The minimum Gasteiger partial charge on any atom is -0.368 e. The van der Waals surface area contributed by atoms with Crippen molar-refractivity contribution < 1.29 is 13.2 Å². The minimum atomic E-state index is -4.57. The van der Waals surface area contributed by atoms with E-state index in [9.17, 15) is 13.2 Å². The number of rotatable bonds is 3. The summed E-state index contributed by atoms with van der Waals surface area (Å²) in [4.78, 5) is 7.79. The van der Waals surface area contributed by atoms with E-state index in [0.29, 0.717) is 4.34 Å². The molecule has 1 unspecified atom stereocenters. The van der Waals surface area contributed by atoms with Gasteiger partial charge in [-0.25, -0.2) is 4.98 Å². The number of hydrogen-bond acceptors (Lipinski definition) is 5. The minimum absolute atomic E-state index is 0.0156. The number of nitrogens with two attached hydrogens (primary N) is 1. The van der Waals surface area contributed by atoms with Crippen LogP contribution in [-0.4, -0.2) is 9.97 Å². The molecule has 9 heteroatoms. The predicted molar refractivity (Wildman–Crippen MR) is 72.8 cm³/mol. The average molecular weight is 323 g/mol. The fourth-order valence-corrected chi connectivity index (χ4v) is 2.60. The molecule has 2 heterocycles. The third-order valence-electron chi connectivity index (χ3n) is 2.42. The van der Waals surface area contributed by atoms with Crippen molar-refractivity contribution in [2.24, 2.45) is 0 Å².